The van der Waals surface area contributed by atoms with Crippen LogP contribution in [0, 0.1) is 17.8 Å². The maximum Gasteiger partial charge on any atom is 0.249 e. The van der Waals surface area contributed by atoms with E-state index in [0.29, 0.717) is 23.9 Å². The number of benzene rings is 2. The van der Waals surface area contributed by atoms with Crippen molar-refractivity contribution < 1.29 is 28.8 Å². The predicted octanol–water partition coefficient (Wildman–Crippen LogP) is 3.94. The summed E-state index contributed by atoms with van der Waals surface area (Å²) in [5.41, 5.74) is 6.22. The van der Waals surface area contributed by atoms with Gasteiger partial charge in [-0.2, -0.15) is 0 Å². The van der Waals surface area contributed by atoms with Crippen molar-refractivity contribution in [2.75, 3.05) is 41.4 Å². The molecule has 2 aromatic rings. The molecule has 0 aromatic heterocycles. The second-order valence-electron chi connectivity index (χ2n) is 15.7. The molecule has 4 aliphatic carbocycles. The molecule has 9 aliphatic rings. The van der Waals surface area contributed by atoms with E-state index in [9.17, 15) is 5.11 Å². The second kappa shape index (κ2) is 8.12. The Morgan fingerprint density at radius 3 is 2.09 bits per heavy atom. The van der Waals surface area contributed by atoms with E-state index in [0.717, 1.165) is 86.8 Å². The number of allylic oxidation sites excluding steroid dienone is 1. The Kier molecular flexibility index (Phi) is 4.72. The molecule has 236 valence electrons. The Labute approximate surface area is 264 Å². The van der Waals surface area contributed by atoms with Crippen LogP contribution < -0.4 is 18.9 Å². The van der Waals surface area contributed by atoms with Gasteiger partial charge in [-0.15, -0.1) is 0 Å². The van der Waals surface area contributed by atoms with Gasteiger partial charge in [-0.1, -0.05) is 12.1 Å². The first-order valence-electron chi connectivity index (χ1n) is 17.1. The van der Waals surface area contributed by atoms with E-state index in [2.05, 4.69) is 48.2 Å². The summed E-state index contributed by atoms with van der Waals surface area (Å²) in [4.78, 5) is 5.15. The van der Waals surface area contributed by atoms with Crippen LogP contribution in [0.25, 0.3) is 0 Å². The summed E-state index contributed by atoms with van der Waals surface area (Å²) >= 11 is 0. The zero-order valence-electron chi connectivity index (χ0n) is 26.6. The van der Waals surface area contributed by atoms with Gasteiger partial charge in [0, 0.05) is 40.0 Å². The number of aliphatic hydroxyl groups is 1. The normalized spacial score (nSPS) is 44.1. The molecule has 2 aromatic carbocycles. The molecule has 2 spiro atoms. The van der Waals surface area contributed by atoms with E-state index >= 15 is 0 Å². The number of likely N-dealkylation sites (N-methyl/N-ethyl adjacent to an activating group) is 2. The Morgan fingerprint density at radius 2 is 1.40 bits per heavy atom. The lowest BCUT2D eigenvalue weighted by atomic mass is 9.47. The van der Waals surface area contributed by atoms with Crippen LogP contribution in [-0.2, 0) is 28.4 Å². The van der Waals surface area contributed by atoms with Crippen molar-refractivity contribution in [3.05, 3.63) is 57.9 Å². The van der Waals surface area contributed by atoms with E-state index in [1.54, 1.807) is 14.2 Å². The standard InChI is InChI=1S/C37H42N2O6/c1-38-11-9-35-22-14-20-13-21-17-23-25-16-19-6-8-27(42-4)32-29(19)36(23,10-12-39(25)2)34(44-32)37(21,40)45-30(20)33(35)43-31-26(41-3)7-5-18(28(31)35)15-24(22)38/h5-8,21-25,33-34,40H,9-17H2,1-4H3/t21-,22-,23-,24-,25+,33-,34+,35-,36-,37+/m0/s1. The number of hydrogen-bond acceptors (Lipinski definition) is 8. The molecule has 10 atom stereocenters. The van der Waals surface area contributed by atoms with Gasteiger partial charge in [-0.3, -0.25) is 0 Å². The molecule has 45 heavy (non-hydrogen) atoms. The Bertz CT molecular complexity index is 1740. The topological polar surface area (TPSA) is 72.9 Å². The highest BCUT2D eigenvalue weighted by atomic mass is 16.7. The van der Waals surface area contributed by atoms with Crippen molar-refractivity contribution in [1.29, 1.82) is 0 Å². The van der Waals surface area contributed by atoms with Crippen LogP contribution in [0.3, 0.4) is 0 Å². The van der Waals surface area contributed by atoms with E-state index in [1.165, 1.54) is 27.8 Å². The molecule has 3 fully saturated rings. The minimum atomic E-state index is -1.46. The molecule has 5 heterocycles. The van der Waals surface area contributed by atoms with E-state index in [4.69, 9.17) is 23.7 Å². The first kappa shape index (κ1) is 26.2. The van der Waals surface area contributed by atoms with Gasteiger partial charge in [0.2, 0.25) is 5.79 Å². The van der Waals surface area contributed by atoms with Gasteiger partial charge in [-0.25, -0.2) is 0 Å². The summed E-state index contributed by atoms with van der Waals surface area (Å²) in [6.07, 6.45) is 6.01. The molecule has 0 amide bonds. The summed E-state index contributed by atoms with van der Waals surface area (Å²) in [6, 6.07) is 9.52. The summed E-state index contributed by atoms with van der Waals surface area (Å²) in [5, 5.41) is 13.2. The summed E-state index contributed by atoms with van der Waals surface area (Å²) in [6.45, 7) is 2.01. The van der Waals surface area contributed by atoms with Crippen molar-refractivity contribution in [3.8, 4) is 23.0 Å². The highest BCUT2D eigenvalue weighted by Gasteiger charge is 2.75. The fraction of sp³-hybridized carbons (Fsp3) is 0.622. The summed E-state index contributed by atoms with van der Waals surface area (Å²) in [5.74, 6) is 3.51. The quantitative estimate of drug-likeness (QED) is 0.549. The molecular weight excluding hydrogens is 568 g/mol. The van der Waals surface area contributed by atoms with Gasteiger partial charge in [0.1, 0.15) is 5.76 Å². The SMILES string of the molecule is COc1ccc2c3c1O[C@H]1C4=C(C[C@H]5C[C@H]6[C@H]7Cc8ccc(OC)c9c8[C@@]6(CCN7C)[C@@H](O9)[C@]5(O)O4)C[C@H]4[C@H](C2)N(C)CC[C@]314. The van der Waals surface area contributed by atoms with E-state index in [-0.39, 0.29) is 22.9 Å². The van der Waals surface area contributed by atoms with Crippen LogP contribution in [0.5, 0.6) is 23.0 Å². The van der Waals surface area contributed by atoms with E-state index in [1.807, 2.05) is 0 Å². The molecule has 5 aliphatic heterocycles. The van der Waals surface area contributed by atoms with Gasteiger partial charge in [-0.05, 0) is 113 Å². The Hall–Kier alpha value is -2.94. The number of piperidine rings is 2. The second-order valence-corrected chi connectivity index (χ2v) is 15.7. The van der Waals surface area contributed by atoms with Gasteiger partial charge in [0.25, 0.3) is 0 Å². The van der Waals surface area contributed by atoms with Crippen LogP contribution >= 0.6 is 0 Å². The lowest BCUT2D eigenvalue weighted by Gasteiger charge is -2.64. The number of ether oxygens (including phenoxy) is 5. The third-order valence-electron chi connectivity index (χ3n) is 14.5. The zero-order valence-corrected chi connectivity index (χ0v) is 26.6. The van der Waals surface area contributed by atoms with Crippen molar-refractivity contribution >= 4 is 0 Å². The molecule has 8 heteroatoms. The summed E-state index contributed by atoms with van der Waals surface area (Å²) in [7, 11) is 8.04. The van der Waals surface area contributed by atoms with Crippen molar-refractivity contribution in [2.24, 2.45) is 17.8 Å². The smallest absolute Gasteiger partial charge is 0.249 e. The molecule has 1 N–H and O–H groups in total. The number of fused-ring (bicyclic) bond motifs is 3. The first-order valence-corrected chi connectivity index (χ1v) is 17.1. The number of hydrogen-bond donors (Lipinski definition) is 1. The molecule has 0 unspecified atom stereocenters. The lowest BCUT2D eigenvalue weighted by molar-refractivity contribution is -0.315. The number of likely N-dealkylation sites (tertiary alicyclic amines) is 2. The van der Waals surface area contributed by atoms with Crippen molar-refractivity contribution in [3.63, 3.8) is 0 Å². The van der Waals surface area contributed by atoms with Crippen LogP contribution in [0.1, 0.15) is 54.4 Å². The Balaban J connectivity index is 1.08. The third kappa shape index (κ3) is 2.71. The molecule has 0 radical (unpaired) electrons. The zero-order chi connectivity index (χ0) is 30.2. The number of rotatable bonds is 2. The highest BCUT2D eigenvalue weighted by Crippen LogP contribution is 2.71. The minimum absolute atomic E-state index is 0.0423. The average molecular weight is 611 g/mol. The van der Waals surface area contributed by atoms with Gasteiger partial charge in [0.05, 0.1) is 14.2 Å². The summed E-state index contributed by atoms with van der Waals surface area (Å²) < 4.78 is 33.1. The minimum Gasteiger partial charge on any atom is -0.493 e. The third-order valence-corrected chi connectivity index (χ3v) is 14.5. The van der Waals surface area contributed by atoms with Gasteiger partial charge >= 0.3 is 0 Å². The van der Waals surface area contributed by atoms with Crippen molar-refractivity contribution in [1.82, 2.24) is 9.80 Å². The van der Waals surface area contributed by atoms with Crippen LogP contribution in [0.2, 0.25) is 0 Å². The fourth-order valence-electron chi connectivity index (χ4n) is 12.7. The fourth-order valence-corrected chi connectivity index (χ4v) is 12.7. The molecular formula is C37H42N2O6. The maximum atomic E-state index is 13.2. The predicted molar refractivity (Wildman–Crippen MR) is 165 cm³/mol. The van der Waals surface area contributed by atoms with Crippen LogP contribution in [-0.4, -0.2) is 86.4 Å². The Morgan fingerprint density at radius 1 is 0.778 bits per heavy atom. The van der Waals surface area contributed by atoms with Gasteiger partial charge < -0.3 is 38.6 Å². The number of nitrogens with zero attached hydrogens (tertiary/aromatic N) is 2. The number of methoxy groups -OCH3 is 2. The maximum absolute atomic E-state index is 13.2. The largest absolute Gasteiger partial charge is 0.493 e. The molecule has 8 nitrogen and oxygen atoms in total. The molecule has 11 rings (SSSR count). The molecule has 2 saturated heterocycles. The van der Waals surface area contributed by atoms with E-state index < -0.39 is 11.9 Å². The van der Waals surface area contributed by atoms with Gasteiger partial charge in [0.15, 0.2) is 35.2 Å². The lowest BCUT2D eigenvalue weighted by Crippen LogP contribution is -2.74. The van der Waals surface area contributed by atoms with Crippen LogP contribution in [0.15, 0.2) is 35.6 Å². The van der Waals surface area contributed by atoms with Crippen molar-refractivity contribution in [2.45, 2.75) is 85.9 Å². The highest BCUT2D eigenvalue weighted by molar-refractivity contribution is 5.64. The molecule has 1 saturated carbocycles. The average Bonchev–Trinajstić information content (AvgIpc) is 3.58. The van der Waals surface area contributed by atoms with Crippen LogP contribution in [0.4, 0.5) is 0 Å². The first-order chi connectivity index (χ1) is 21.8. The monoisotopic (exact) mass is 610 g/mol. The molecule has 4 bridgehead atoms.